The molecule has 1 aromatic heterocycles. The summed E-state index contributed by atoms with van der Waals surface area (Å²) in [4.78, 5) is 26.9. The van der Waals surface area contributed by atoms with E-state index >= 15 is 0 Å². The van der Waals surface area contributed by atoms with Crippen molar-refractivity contribution < 1.29 is 14.3 Å². The van der Waals surface area contributed by atoms with Crippen LogP contribution in [0.25, 0.3) is 0 Å². The van der Waals surface area contributed by atoms with Crippen LogP contribution in [0.4, 0.5) is 5.82 Å². The van der Waals surface area contributed by atoms with Gasteiger partial charge in [0.25, 0.3) is 0 Å². The summed E-state index contributed by atoms with van der Waals surface area (Å²) in [6.45, 7) is 5.34. The number of hydrogen-bond donors (Lipinski definition) is 1. The SMILES string of the molecule is CC(C)(C)OC(=O)CCC(=O)Nc1ccc(Cl)cn1. The predicted molar refractivity (Wildman–Crippen MR) is 73.0 cm³/mol. The summed E-state index contributed by atoms with van der Waals surface area (Å²) in [6.07, 6.45) is 1.53. The Morgan fingerprint density at radius 2 is 2.00 bits per heavy atom. The summed E-state index contributed by atoms with van der Waals surface area (Å²) in [5, 5.41) is 3.06. The molecule has 0 spiro atoms. The van der Waals surface area contributed by atoms with Crippen LogP contribution in [0, 0.1) is 0 Å². The van der Waals surface area contributed by atoms with Crippen molar-refractivity contribution in [3.05, 3.63) is 23.4 Å². The van der Waals surface area contributed by atoms with E-state index in [0.717, 1.165) is 0 Å². The van der Waals surface area contributed by atoms with E-state index in [0.29, 0.717) is 10.8 Å². The molecule has 1 rings (SSSR count). The summed E-state index contributed by atoms with van der Waals surface area (Å²) >= 11 is 5.68. The molecule has 1 amide bonds. The van der Waals surface area contributed by atoms with Crippen molar-refractivity contribution in [1.82, 2.24) is 4.98 Å². The number of carbonyl (C=O) groups is 2. The van der Waals surface area contributed by atoms with E-state index < -0.39 is 11.6 Å². The number of carbonyl (C=O) groups excluding carboxylic acids is 2. The molecule has 5 nitrogen and oxygen atoms in total. The monoisotopic (exact) mass is 284 g/mol. The van der Waals surface area contributed by atoms with Crippen molar-refractivity contribution in [2.75, 3.05) is 5.32 Å². The van der Waals surface area contributed by atoms with Gasteiger partial charge in [-0.3, -0.25) is 9.59 Å². The van der Waals surface area contributed by atoms with Crippen molar-refractivity contribution in [3.63, 3.8) is 0 Å². The first-order valence-electron chi connectivity index (χ1n) is 5.89. The maximum Gasteiger partial charge on any atom is 0.306 e. The third kappa shape index (κ3) is 6.76. The molecule has 0 aliphatic carbocycles. The van der Waals surface area contributed by atoms with E-state index in [1.165, 1.54) is 6.20 Å². The van der Waals surface area contributed by atoms with E-state index in [1.807, 2.05) is 0 Å². The van der Waals surface area contributed by atoms with Gasteiger partial charge in [0.05, 0.1) is 11.4 Å². The molecule has 0 aliphatic heterocycles. The Morgan fingerprint density at radius 1 is 1.32 bits per heavy atom. The highest BCUT2D eigenvalue weighted by molar-refractivity contribution is 6.30. The van der Waals surface area contributed by atoms with Crippen LogP contribution in [0.2, 0.25) is 5.02 Å². The summed E-state index contributed by atoms with van der Waals surface area (Å²) in [5.74, 6) is -0.286. The average Bonchev–Trinajstić information content (AvgIpc) is 2.27. The molecule has 0 aliphatic rings. The lowest BCUT2D eigenvalue weighted by Gasteiger charge is -2.19. The van der Waals surface area contributed by atoms with Crippen LogP contribution < -0.4 is 5.32 Å². The van der Waals surface area contributed by atoms with Crippen LogP contribution in [0.15, 0.2) is 18.3 Å². The van der Waals surface area contributed by atoms with Gasteiger partial charge >= 0.3 is 5.97 Å². The fourth-order valence-electron chi connectivity index (χ4n) is 1.26. The topological polar surface area (TPSA) is 68.3 Å². The first-order valence-corrected chi connectivity index (χ1v) is 6.27. The maximum absolute atomic E-state index is 11.6. The zero-order valence-electron chi connectivity index (χ0n) is 11.2. The van der Waals surface area contributed by atoms with Crippen molar-refractivity contribution >= 4 is 29.3 Å². The summed E-state index contributed by atoms with van der Waals surface area (Å²) < 4.78 is 5.10. The maximum atomic E-state index is 11.6. The number of nitrogens with zero attached hydrogens (tertiary/aromatic N) is 1. The Hall–Kier alpha value is -1.62. The van der Waals surface area contributed by atoms with E-state index in [-0.39, 0.29) is 18.7 Å². The fourth-order valence-corrected chi connectivity index (χ4v) is 1.38. The first-order chi connectivity index (χ1) is 8.76. The Bertz CT molecular complexity index is 452. The zero-order chi connectivity index (χ0) is 14.5. The summed E-state index contributed by atoms with van der Waals surface area (Å²) in [5.41, 5.74) is -0.536. The van der Waals surface area contributed by atoms with Crippen molar-refractivity contribution in [2.24, 2.45) is 0 Å². The Morgan fingerprint density at radius 3 is 2.53 bits per heavy atom. The minimum Gasteiger partial charge on any atom is -0.460 e. The predicted octanol–water partition coefficient (Wildman–Crippen LogP) is 2.80. The van der Waals surface area contributed by atoms with Crippen LogP contribution >= 0.6 is 11.6 Å². The van der Waals surface area contributed by atoms with Gasteiger partial charge in [-0.15, -0.1) is 0 Å². The number of hydrogen-bond acceptors (Lipinski definition) is 4. The van der Waals surface area contributed by atoms with Gasteiger partial charge in [0, 0.05) is 12.6 Å². The van der Waals surface area contributed by atoms with Crippen molar-refractivity contribution in [3.8, 4) is 0 Å². The van der Waals surface area contributed by atoms with E-state index in [1.54, 1.807) is 32.9 Å². The molecule has 0 fully saturated rings. The minimum absolute atomic E-state index is 0.0384. The average molecular weight is 285 g/mol. The molecule has 0 saturated carbocycles. The van der Waals surface area contributed by atoms with Gasteiger partial charge in [-0.25, -0.2) is 4.98 Å². The molecule has 0 aromatic carbocycles. The van der Waals surface area contributed by atoms with Crippen LogP contribution in [0.1, 0.15) is 33.6 Å². The smallest absolute Gasteiger partial charge is 0.306 e. The second-order valence-corrected chi connectivity index (χ2v) is 5.43. The van der Waals surface area contributed by atoms with Gasteiger partial charge in [0.15, 0.2) is 0 Å². The summed E-state index contributed by atoms with van der Waals surface area (Å²) in [6, 6.07) is 3.21. The fraction of sp³-hybridized carbons (Fsp3) is 0.462. The molecule has 1 heterocycles. The standard InChI is InChI=1S/C13H17ClN2O3/c1-13(2,3)19-12(18)7-6-11(17)16-10-5-4-9(14)8-15-10/h4-5,8H,6-7H2,1-3H3,(H,15,16,17). The number of nitrogens with one attached hydrogen (secondary N) is 1. The molecule has 0 radical (unpaired) electrons. The van der Waals surface area contributed by atoms with Gasteiger partial charge < -0.3 is 10.1 Å². The van der Waals surface area contributed by atoms with Gasteiger partial charge in [0.1, 0.15) is 11.4 Å². The number of halogens is 1. The summed E-state index contributed by atoms with van der Waals surface area (Å²) in [7, 11) is 0. The largest absolute Gasteiger partial charge is 0.460 e. The Balaban J connectivity index is 2.36. The number of amides is 1. The lowest BCUT2D eigenvalue weighted by Crippen LogP contribution is -2.24. The number of anilines is 1. The van der Waals surface area contributed by atoms with E-state index in [2.05, 4.69) is 10.3 Å². The van der Waals surface area contributed by atoms with E-state index in [4.69, 9.17) is 16.3 Å². The third-order valence-electron chi connectivity index (χ3n) is 1.97. The molecule has 1 N–H and O–H groups in total. The quantitative estimate of drug-likeness (QED) is 0.863. The first kappa shape index (κ1) is 15.4. The number of esters is 1. The normalized spacial score (nSPS) is 10.9. The molecule has 6 heteroatoms. The highest BCUT2D eigenvalue weighted by atomic mass is 35.5. The molecular weight excluding hydrogens is 268 g/mol. The lowest BCUT2D eigenvalue weighted by atomic mass is 10.2. The molecule has 0 saturated heterocycles. The molecule has 19 heavy (non-hydrogen) atoms. The second-order valence-electron chi connectivity index (χ2n) is 5.00. The van der Waals surface area contributed by atoms with E-state index in [9.17, 15) is 9.59 Å². The minimum atomic E-state index is -0.536. The highest BCUT2D eigenvalue weighted by Crippen LogP contribution is 2.11. The highest BCUT2D eigenvalue weighted by Gasteiger charge is 2.17. The van der Waals surface area contributed by atoms with Crippen molar-refractivity contribution in [1.29, 1.82) is 0 Å². The molecule has 0 bridgehead atoms. The van der Waals surface area contributed by atoms with Crippen LogP contribution in [-0.4, -0.2) is 22.5 Å². The van der Waals surface area contributed by atoms with Gasteiger partial charge in [-0.2, -0.15) is 0 Å². The van der Waals surface area contributed by atoms with Gasteiger partial charge in [0.2, 0.25) is 5.91 Å². The number of pyridine rings is 1. The second kappa shape index (κ2) is 6.52. The van der Waals surface area contributed by atoms with Crippen LogP contribution in [0.5, 0.6) is 0 Å². The number of rotatable bonds is 4. The molecule has 0 atom stereocenters. The van der Waals surface area contributed by atoms with Crippen LogP contribution in [0.3, 0.4) is 0 Å². The van der Waals surface area contributed by atoms with Crippen LogP contribution in [-0.2, 0) is 14.3 Å². The Kier molecular flexibility index (Phi) is 5.30. The molecule has 104 valence electrons. The van der Waals surface area contributed by atoms with Gasteiger partial charge in [-0.1, -0.05) is 11.6 Å². The Labute approximate surface area is 117 Å². The molecule has 1 aromatic rings. The van der Waals surface area contributed by atoms with Gasteiger partial charge in [-0.05, 0) is 32.9 Å². The lowest BCUT2D eigenvalue weighted by molar-refractivity contribution is -0.155. The third-order valence-corrected chi connectivity index (χ3v) is 2.19. The number of aromatic nitrogens is 1. The zero-order valence-corrected chi connectivity index (χ0v) is 12.0. The van der Waals surface area contributed by atoms with Crippen molar-refractivity contribution in [2.45, 2.75) is 39.2 Å². The number of ether oxygens (including phenoxy) is 1. The molecular formula is C13H17ClN2O3. The molecule has 0 unspecified atom stereocenters.